The molecule has 1 fully saturated rings. The molecule has 0 aromatic carbocycles. The highest BCUT2D eigenvalue weighted by Crippen LogP contribution is 2.16. The van der Waals surface area contributed by atoms with Crippen molar-refractivity contribution in [2.45, 2.75) is 12.5 Å². The first-order valence-electron chi connectivity index (χ1n) is 4.42. The zero-order valence-corrected chi connectivity index (χ0v) is 7.56. The number of H-pyrrole nitrogens is 1. The van der Waals surface area contributed by atoms with Gasteiger partial charge < -0.3 is 10.7 Å². The van der Waals surface area contributed by atoms with E-state index in [0.29, 0.717) is 18.8 Å². The molecule has 2 rings (SSSR count). The van der Waals surface area contributed by atoms with Crippen LogP contribution in [0, 0.1) is 0 Å². The Balaban J connectivity index is 2.32. The number of aromatic amines is 1. The molecule has 0 spiro atoms. The van der Waals surface area contributed by atoms with E-state index in [4.69, 9.17) is 5.73 Å². The van der Waals surface area contributed by atoms with Gasteiger partial charge in [-0.15, -0.1) is 0 Å². The first-order chi connectivity index (χ1) is 6.66. The Kier molecular flexibility index (Phi) is 2.09. The minimum absolute atomic E-state index is 0.0423. The van der Waals surface area contributed by atoms with Crippen molar-refractivity contribution in [3.8, 4) is 0 Å². The Morgan fingerprint density at radius 3 is 2.79 bits per heavy atom. The number of hydrogen-bond acceptors (Lipinski definition) is 3. The van der Waals surface area contributed by atoms with Gasteiger partial charge in [0.2, 0.25) is 11.5 Å². The first-order valence-corrected chi connectivity index (χ1v) is 4.42. The number of amides is 1. The Hall–Kier alpha value is -1.62. The van der Waals surface area contributed by atoms with Gasteiger partial charge in [-0.3, -0.25) is 14.5 Å². The lowest BCUT2D eigenvalue weighted by Crippen LogP contribution is -2.29. The predicted octanol–water partition coefficient (Wildman–Crippen LogP) is -0.561. The molecule has 1 atom stereocenters. The molecule has 5 heteroatoms. The van der Waals surface area contributed by atoms with Gasteiger partial charge in [0.05, 0.1) is 0 Å². The molecule has 1 aromatic rings. The second kappa shape index (κ2) is 3.26. The van der Waals surface area contributed by atoms with Crippen LogP contribution in [0.15, 0.2) is 23.0 Å². The third kappa shape index (κ3) is 1.54. The Morgan fingerprint density at radius 1 is 1.43 bits per heavy atom. The average Bonchev–Trinajstić information content (AvgIpc) is 2.45. The lowest BCUT2D eigenvalue weighted by molar-refractivity contribution is -0.117. The summed E-state index contributed by atoms with van der Waals surface area (Å²) >= 11 is 0. The van der Waals surface area contributed by atoms with Crippen LogP contribution in [0.5, 0.6) is 0 Å². The van der Waals surface area contributed by atoms with E-state index in [-0.39, 0.29) is 17.5 Å². The number of nitrogens with two attached hydrogens (primary N) is 1. The maximum Gasteiger partial charge on any atom is 0.249 e. The fourth-order valence-electron chi connectivity index (χ4n) is 1.56. The molecular weight excluding hydrogens is 182 g/mol. The highest BCUT2D eigenvalue weighted by Gasteiger charge is 2.28. The highest BCUT2D eigenvalue weighted by atomic mass is 16.2. The van der Waals surface area contributed by atoms with Gasteiger partial charge in [-0.25, -0.2) is 0 Å². The summed E-state index contributed by atoms with van der Waals surface area (Å²) in [5, 5.41) is 0. The molecule has 0 saturated carbocycles. The molecule has 0 radical (unpaired) electrons. The summed E-state index contributed by atoms with van der Waals surface area (Å²) in [6, 6.07) is 4.58. The van der Waals surface area contributed by atoms with E-state index in [1.165, 1.54) is 11.0 Å². The maximum absolute atomic E-state index is 11.4. The molecule has 0 aliphatic carbocycles. The van der Waals surface area contributed by atoms with E-state index in [1.807, 2.05) is 0 Å². The zero-order valence-electron chi connectivity index (χ0n) is 7.56. The van der Waals surface area contributed by atoms with Crippen LogP contribution in [0.3, 0.4) is 0 Å². The van der Waals surface area contributed by atoms with Crippen molar-refractivity contribution in [3.05, 3.63) is 28.6 Å². The number of carbonyl (C=O) groups is 1. The third-order valence-electron chi connectivity index (χ3n) is 2.20. The fraction of sp³-hybridized carbons (Fsp3) is 0.333. The van der Waals surface area contributed by atoms with Gasteiger partial charge in [0.1, 0.15) is 5.82 Å². The molecule has 3 N–H and O–H groups in total. The average molecular weight is 193 g/mol. The van der Waals surface area contributed by atoms with Gasteiger partial charge in [0.25, 0.3) is 0 Å². The first kappa shape index (κ1) is 8.96. The van der Waals surface area contributed by atoms with Crippen LogP contribution in [0.2, 0.25) is 0 Å². The quantitative estimate of drug-likeness (QED) is 0.627. The lowest BCUT2D eigenvalue weighted by Gasteiger charge is -2.14. The van der Waals surface area contributed by atoms with Crippen LogP contribution >= 0.6 is 0 Å². The summed E-state index contributed by atoms with van der Waals surface area (Å²) in [5.74, 6) is 0.481. The SMILES string of the molecule is NC1CC(=O)N(c2cccc(=O)[nH]2)C1. The van der Waals surface area contributed by atoms with Crippen molar-refractivity contribution < 1.29 is 4.79 Å². The normalized spacial score (nSPS) is 21.6. The van der Waals surface area contributed by atoms with Crippen LogP contribution < -0.4 is 16.2 Å². The molecule has 1 amide bonds. The van der Waals surface area contributed by atoms with Gasteiger partial charge >= 0.3 is 0 Å². The fourth-order valence-corrected chi connectivity index (χ4v) is 1.56. The second-order valence-electron chi connectivity index (χ2n) is 3.37. The van der Waals surface area contributed by atoms with E-state index >= 15 is 0 Å². The number of anilines is 1. The summed E-state index contributed by atoms with van der Waals surface area (Å²) in [7, 11) is 0. The van der Waals surface area contributed by atoms with E-state index < -0.39 is 0 Å². The lowest BCUT2D eigenvalue weighted by atomic mass is 10.3. The summed E-state index contributed by atoms with van der Waals surface area (Å²) in [6.45, 7) is 0.471. The van der Waals surface area contributed by atoms with E-state index in [2.05, 4.69) is 4.98 Å². The Morgan fingerprint density at radius 2 is 2.21 bits per heavy atom. The van der Waals surface area contributed by atoms with Crippen molar-refractivity contribution in [1.82, 2.24) is 4.98 Å². The number of nitrogens with one attached hydrogen (secondary N) is 1. The monoisotopic (exact) mass is 193 g/mol. The molecule has 0 bridgehead atoms. The molecule has 1 unspecified atom stereocenters. The molecule has 1 aromatic heterocycles. The second-order valence-corrected chi connectivity index (χ2v) is 3.37. The smallest absolute Gasteiger partial charge is 0.249 e. The number of carbonyl (C=O) groups excluding carboxylic acids is 1. The number of aromatic nitrogens is 1. The standard InChI is InChI=1S/C9H11N3O2/c10-6-4-9(14)12(5-6)7-2-1-3-8(13)11-7/h1-3,6H,4-5,10H2,(H,11,13). The maximum atomic E-state index is 11.4. The molecular formula is C9H11N3O2. The topological polar surface area (TPSA) is 79.2 Å². The van der Waals surface area contributed by atoms with Gasteiger partial charge in [0.15, 0.2) is 0 Å². The van der Waals surface area contributed by atoms with Crippen molar-refractivity contribution in [3.63, 3.8) is 0 Å². The van der Waals surface area contributed by atoms with Crippen molar-refractivity contribution in [2.24, 2.45) is 5.73 Å². The molecule has 74 valence electrons. The molecule has 1 saturated heterocycles. The molecule has 1 aliphatic heterocycles. The number of hydrogen-bond donors (Lipinski definition) is 2. The Labute approximate surface area is 80.5 Å². The molecule has 2 heterocycles. The van der Waals surface area contributed by atoms with Crippen LogP contribution in [0.25, 0.3) is 0 Å². The summed E-state index contributed by atoms with van der Waals surface area (Å²) in [4.78, 5) is 26.5. The number of pyridine rings is 1. The van der Waals surface area contributed by atoms with Gasteiger partial charge in [-0.2, -0.15) is 0 Å². The van der Waals surface area contributed by atoms with E-state index in [0.717, 1.165) is 0 Å². The molecule has 14 heavy (non-hydrogen) atoms. The number of rotatable bonds is 1. The van der Waals surface area contributed by atoms with Crippen molar-refractivity contribution in [1.29, 1.82) is 0 Å². The largest absolute Gasteiger partial charge is 0.326 e. The van der Waals surface area contributed by atoms with Gasteiger partial charge in [-0.1, -0.05) is 6.07 Å². The summed E-state index contributed by atoms with van der Waals surface area (Å²) in [6.07, 6.45) is 0.344. The highest BCUT2D eigenvalue weighted by molar-refractivity contribution is 5.95. The van der Waals surface area contributed by atoms with E-state index in [9.17, 15) is 9.59 Å². The van der Waals surface area contributed by atoms with Crippen LogP contribution in [-0.4, -0.2) is 23.5 Å². The minimum atomic E-state index is -0.212. The van der Waals surface area contributed by atoms with Crippen molar-refractivity contribution in [2.75, 3.05) is 11.4 Å². The van der Waals surface area contributed by atoms with Crippen molar-refractivity contribution >= 4 is 11.7 Å². The van der Waals surface area contributed by atoms with Crippen LogP contribution in [0.4, 0.5) is 5.82 Å². The Bertz CT molecular complexity index is 413. The minimum Gasteiger partial charge on any atom is -0.326 e. The van der Waals surface area contributed by atoms with Gasteiger partial charge in [-0.05, 0) is 6.07 Å². The van der Waals surface area contributed by atoms with E-state index in [1.54, 1.807) is 12.1 Å². The van der Waals surface area contributed by atoms with Crippen LogP contribution in [0.1, 0.15) is 6.42 Å². The number of nitrogens with zero attached hydrogens (tertiary/aromatic N) is 1. The zero-order chi connectivity index (χ0) is 10.1. The summed E-state index contributed by atoms with van der Waals surface area (Å²) in [5.41, 5.74) is 5.42. The predicted molar refractivity (Wildman–Crippen MR) is 52.0 cm³/mol. The molecule has 1 aliphatic rings. The third-order valence-corrected chi connectivity index (χ3v) is 2.20. The molecule has 5 nitrogen and oxygen atoms in total. The van der Waals surface area contributed by atoms with Crippen LogP contribution in [-0.2, 0) is 4.79 Å². The van der Waals surface area contributed by atoms with Gasteiger partial charge in [0, 0.05) is 25.1 Å². The summed E-state index contributed by atoms with van der Waals surface area (Å²) < 4.78 is 0.